The van der Waals surface area contributed by atoms with E-state index in [1.165, 1.54) is 11.3 Å². The van der Waals surface area contributed by atoms with Gasteiger partial charge in [-0.05, 0) is 44.4 Å². The van der Waals surface area contributed by atoms with Crippen molar-refractivity contribution in [2.75, 3.05) is 24.7 Å². The second-order valence-corrected chi connectivity index (χ2v) is 7.08. The van der Waals surface area contributed by atoms with Crippen LogP contribution in [0.25, 0.3) is 0 Å². The number of nitrogens with zero attached hydrogens (tertiary/aromatic N) is 2. The summed E-state index contributed by atoms with van der Waals surface area (Å²) in [5.41, 5.74) is 1.14. The molecule has 1 aliphatic rings. The van der Waals surface area contributed by atoms with E-state index in [1.807, 2.05) is 31.2 Å². The van der Waals surface area contributed by atoms with Crippen LogP contribution in [-0.4, -0.2) is 42.8 Å². The molecule has 1 aromatic heterocycles. The topological polar surface area (TPSA) is 78.0 Å². The highest BCUT2D eigenvalue weighted by molar-refractivity contribution is 7.14. The molecule has 8 heteroatoms. The average Bonchev–Trinajstić information content (AvgIpc) is 3.39. The standard InChI is InChI=1S/C20H24N2O5S/c1-3-25-15-9-7-14(8-10-15)12-22(18(23)17-6-5-11-27-17)20-21-16(13-28-20)19(24)26-4-2/h7-10,13,17H,3-6,11-12H2,1-2H3. The maximum atomic E-state index is 13.1. The number of carbonyl (C=O) groups excluding carboxylic acids is 2. The quantitative estimate of drug-likeness (QED) is 0.627. The molecule has 7 nitrogen and oxygen atoms in total. The van der Waals surface area contributed by atoms with Crippen molar-refractivity contribution in [2.24, 2.45) is 0 Å². The predicted molar refractivity (Wildman–Crippen MR) is 106 cm³/mol. The Balaban J connectivity index is 1.82. The van der Waals surface area contributed by atoms with Crippen LogP contribution in [0.2, 0.25) is 0 Å². The first-order valence-corrected chi connectivity index (χ1v) is 10.3. The monoisotopic (exact) mass is 404 g/mol. The fourth-order valence-electron chi connectivity index (χ4n) is 2.91. The summed E-state index contributed by atoms with van der Waals surface area (Å²) in [6.45, 7) is 5.46. The summed E-state index contributed by atoms with van der Waals surface area (Å²) in [5.74, 6) is 0.147. The van der Waals surface area contributed by atoms with E-state index in [2.05, 4.69) is 4.98 Å². The van der Waals surface area contributed by atoms with Gasteiger partial charge < -0.3 is 14.2 Å². The van der Waals surface area contributed by atoms with Gasteiger partial charge in [-0.25, -0.2) is 9.78 Å². The van der Waals surface area contributed by atoms with Crippen molar-refractivity contribution in [1.82, 2.24) is 4.98 Å². The van der Waals surface area contributed by atoms with Gasteiger partial charge in [0.2, 0.25) is 0 Å². The molecule has 28 heavy (non-hydrogen) atoms. The predicted octanol–water partition coefficient (Wildman–Crippen LogP) is 3.43. The van der Waals surface area contributed by atoms with E-state index in [0.717, 1.165) is 17.7 Å². The van der Waals surface area contributed by atoms with Crippen LogP contribution in [-0.2, 0) is 20.8 Å². The highest BCUT2D eigenvalue weighted by Gasteiger charge is 2.31. The number of carbonyl (C=O) groups is 2. The first kappa shape index (κ1) is 20.3. The summed E-state index contributed by atoms with van der Waals surface area (Å²) in [5, 5.41) is 2.07. The number of thiazole rings is 1. The smallest absolute Gasteiger partial charge is 0.357 e. The molecule has 0 radical (unpaired) electrons. The summed E-state index contributed by atoms with van der Waals surface area (Å²) in [4.78, 5) is 30.9. The van der Waals surface area contributed by atoms with Gasteiger partial charge in [0.1, 0.15) is 11.9 Å². The molecule has 0 bridgehead atoms. The maximum Gasteiger partial charge on any atom is 0.357 e. The van der Waals surface area contributed by atoms with Gasteiger partial charge in [0, 0.05) is 12.0 Å². The minimum Gasteiger partial charge on any atom is -0.494 e. The molecular formula is C20H24N2O5S. The van der Waals surface area contributed by atoms with Gasteiger partial charge >= 0.3 is 5.97 Å². The van der Waals surface area contributed by atoms with E-state index >= 15 is 0 Å². The fraction of sp³-hybridized carbons (Fsp3) is 0.450. The summed E-state index contributed by atoms with van der Waals surface area (Å²) < 4.78 is 16.0. The zero-order chi connectivity index (χ0) is 19.9. The van der Waals surface area contributed by atoms with Gasteiger partial charge in [-0.1, -0.05) is 12.1 Å². The van der Waals surface area contributed by atoms with Crippen LogP contribution in [0.15, 0.2) is 29.6 Å². The summed E-state index contributed by atoms with van der Waals surface area (Å²) in [7, 11) is 0. The van der Waals surface area contributed by atoms with E-state index in [0.29, 0.717) is 31.3 Å². The number of hydrogen-bond acceptors (Lipinski definition) is 7. The normalized spacial score (nSPS) is 16.0. The Morgan fingerprint density at radius 1 is 1.25 bits per heavy atom. The number of amides is 1. The van der Waals surface area contributed by atoms with Crippen LogP contribution in [0, 0.1) is 0 Å². The van der Waals surface area contributed by atoms with Crippen molar-refractivity contribution >= 4 is 28.3 Å². The van der Waals surface area contributed by atoms with Crippen LogP contribution < -0.4 is 9.64 Å². The summed E-state index contributed by atoms with van der Waals surface area (Å²) in [6.07, 6.45) is 1.08. The third-order valence-electron chi connectivity index (χ3n) is 4.25. The van der Waals surface area contributed by atoms with Gasteiger partial charge in [-0.2, -0.15) is 0 Å². The lowest BCUT2D eigenvalue weighted by atomic mass is 10.1. The van der Waals surface area contributed by atoms with E-state index in [9.17, 15) is 9.59 Å². The Morgan fingerprint density at radius 3 is 2.68 bits per heavy atom. The van der Waals surface area contributed by atoms with Crippen molar-refractivity contribution in [3.8, 4) is 5.75 Å². The van der Waals surface area contributed by atoms with E-state index in [-0.39, 0.29) is 18.2 Å². The zero-order valence-corrected chi connectivity index (χ0v) is 16.9. The maximum absolute atomic E-state index is 13.1. The van der Waals surface area contributed by atoms with Crippen molar-refractivity contribution < 1.29 is 23.8 Å². The van der Waals surface area contributed by atoms with Crippen LogP contribution >= 0.6 is 11.3 Å². The molecule has 1 amide bonds. The molecule has 1 saturated heterocycles. The van der Waals surface area contributed by atoms with Crippen LogP contribution in [0.3, 0.4) is 0 Å². The molecule has 1 aromatic carbocycles. The number of aromatic nitrogens is 1. The number of ether oxygens (including phenoxy) is 3. The Bertz CT molecular complexity index is 799. The van der Waals surface area contributed by atoms with E-state index < -0.39 is 12.1 Å². The lowest BCUT2D eigenvalue weighted by molar-refractivity contribution is -0.127. The number of hydrogen-bond donors (Lipinski definition) is 0. The summed E-state index contributed by atoms with van der Waals surface area (Å²) >= 11 is 1.24. The highest BCUT2D eigenvalue weighted by atomic mass is 32.1. The van der Waals surface area contributed by atoms with Gasteiger partial charge in [0.05, 0.1) is 19.8 Å². The number of anilines is 1. The first-order valence-electron chi connectivity index (χ1n) is 9.39. The molecule has 150 valence electrons. The molecule has 2 aromatic rings. The molecule has 1 unspecified atom stereocenters. The summed E-state index contributed by atoms with van der Waals surface area (Å²) in [6, 6.07) is 7.58. The molecule has 1 atom stereocenters. The molecule has 0 N–H and O–H groups in total. The van der Waals surface area contributed by atoms with Gasteiger partial charge in [-0.15, -0.1) is 11.3 Å². The number of esters is 1. The van der Waals surface area contributed by atoms with Crippen molar-refractivity contribution in [3.05, 3.63) is 40.9 Å². The Kier molecular flexibility index (Phi) is 7.00. The third-order valence-corrected chi connectivity index (χ3v) is 5.12. The molecule has 0 saturated carbocycles. The minimum absolute atomic E-state index is 0.142. The van der Waals surface area contributed by atoms with Crippen molar-refractivity contribution in [2.45, 2.75) is 39.3 Å². The van der Waals surface area contributed by atoms with E-state index in [4.69, 9.17) is 14.2 Å². The van der Waals surface area contributed by atoms with Gasteiger partial charge in [0.25, 0.3) is 5.91 Å². The molecule has 3 rings (SSSR count). The molecular weight excluding hydrogens is 380 g/mol. The first-order chi connectivity index (χ1) is 13.6. The Labute approximate surface area is 168 Å². The third kappa shape index (κ3) is 4.88. The van der Waals surface area contributed by atoms with Crippen LogP contribution in [0.5, 0.6) is 5.75 Å². The highest BCUT2D eigenvalue weighted by Crippen LogP contribution is 2.27. The SMILES string of the molecule is CCOC(=O)c1csc(N(Cc2ccc(OCC)cc2)C(=O)C2CCCO2)n1. The van der Waals surface area contributed by atoms with Crippen molar-refractivity contribution in [1.29, 1.82) is 0 Å². The number of rotatable bonds is 8. The largest absolute Gasteiger partial charge is 0.494 e. The molecule has 0 aliphatic carbocycles. The second kappa shape index (κ2) is 9.66. The molecule has 1 aliphatic heterocycles. The molecule has 1 fully saturated rings. The fourth-order valence-corrected chi connectivity index (χ4v) is 3.71. The van der Waals surface area contributed by atoms with Crippen LogP contribution in [0.1, 0.15) is 42.7 Å². The minimum atomic E-state index is -0.490. The van der Waals surface area contributed by atoms with Crippen molar-refractivity contribution in [3.63, 3.8) is 0 Å². The van der Waals surface area contributed by atoms with Gasteiger partial charge in [0.15, 0.2) is 10.8 Å². The van der Waals surface area contributed by atoms with E-state index in [1.54, 1.807) is 17.2 Å². The zero-order valence-electron chi connectivity index (χ0n) is 16.1. The molecule has 2 heterocycles. The van der Waals surface area contributed by atoms with Crippen LogP contribution in [0.4, 0.5) is 5.13 Å². The lowest BCUT2D eigenvalue weighted by Gasteiger charge is -2.23. The molecule has 0 spiro atoms. The lowest BCUT2D eigenvalue weighted by Crippen LogP contribution is -2.38. The number of benzene rings is 1. The second-order valence-electron chi connectivity index (χ2n) is 6.24. The van der Waals surface area contributed by atoms with Gasteiger partial charge in [-0.3, -0.25) is 9.69 Å². The Morgan fingerprint density at radius 2 is 2.04 bits per heavy atom. The Hall–Kier alpha value is -2.45. The average molecular weight is 404 g/mol.